The fraction of sp³-hybridized carbons (Fsp3) is 0.176. The van der Waals surface area contributed by atoms with Gasteiger partial charge in [0.1, 0.15) is 0 Å². The number of hydrazone groups is 1. The third-order valence-electron chi connectivity index (χ3n) is 4.04. The molecule has 4 rings (SSSR count). The van der Waals surface area contributed by atoms with E-state index in [9.17, 15) is 14.9 Å². The fourth-order valence-corrected chi connectivity index (χ4v) is 3.05. The topological polar surface area (TPSA) is 104 Å². The van der Waals surface area contributed by atoms with Gasteiger partial charge in [-0.2, -0.15) is 5.01 Å². The van der Waals surface area contributed by atoms with Crippen LogP contribution in [0.2, 0.25) is 0 Å². The van der Waals surface area contributed by atoms with Crippen molar-refractivity contribution >= 4 is 33.4 Å². The molecule has 2 heterocycles. The van der Waals surface area contributed by atoms with Crippen LogP contribution in [0.3, 0.4) is 0 Å². The zero-order chi connectivity index (χ0) is 19.1. The van der Waals surface area contributed by atoms with Crippen molar-refractivity contribution < 1.29 is 23.9 Å². The van der Waals surface area contributed by atoms with Gasteiger partial charge in [-0.05, 0) is 24.3 Å². The van der Waals surface area contributed by atoms with E-state index in [0.29, 0.717) is 11.3 Å². The summed E-state index contributed by atoms with van der Waals surface area (Å²) in [7, 11) is 0. The number of carbonyl (C=O) groups is 1. The summed E-state index contributed by atoms with van der Waals surface area (Å²) in [6.07, 6.45) is -1.09. The van der Waals surface area contributed by atoms with E-state index < -0.39 is 17.1 Å². The molecule has 2 aliphatic rings. The Balaban J connectivity index is 1.76. The van der Waals surface area contributed by atoms with Gasteiger partial charge in [0, 0.05) is 23.0 Å². The number of rotatable bonds is 3. The molecule has 138 valence electrons. The van der Waals surface area contributed by atoms with Crippen LogP contribution in [-0.4, -0.2) is 28.5 Å². The number of nitrogens with zero attached hydrogens (tertiary/aromatic N) is 3. The second kappa shape index (κ2) is 6.54. The van der Waals surface area contributed by atoms with Crippen LogP contribution in [0.25, 0.3) is 0 Å². The van der Waals surface area contributed by atoms with Crippen molar-refractivity contribution in [2.24, 2.45) is 5.10 Å². The summed E-state index contributed by atoms with van der Waals surface area (Å²) in [5.41, 5.74) is 0.536. The SMILES string of the molecule is CC(=O)N1N=C(c2ccc(Br)cc2)OC1c1cc2c(cc1[N+](=O)[O-])OCO2. The van der Waals surface area contributed by atoms with Gasteiger partial charge in [-0.3, -0.25) is 14.9 Å². The molecule has 0 saturated heterocycles. The Hall–Kier alpha value is -3.14. The van der Waals surface area contributed by atoms with Gasteiger partial charge < -0.3 is 14.2 Å². The third kappa shape index (κ3) is 3.08. The monoisotopic (exact) mass is 433 g/mol. The first-order chi connectivity index (χ1) is 12.9. The van der Waals surface area contributed by atoms with E-state index in [-0.39, 0.29) is 29.7 Å². The van der Waals surface area contributed by atoms with Crippen LogP contribution in [0.15, 0.2) is 46.0 Å². The Labute approximate surface area is 161 Å². The minimum Gasteiger partial charge on any atom is -0.454 e. The Morgan fingerprint density at radius 1 is 1.26 bits per heavy atom. The number of nitro benzene ring substituents is 1. The maximum atomic E-state index is 12.1. The molecule has 0 bridgehead atoms. The molecular weight excluding hydrogens is 422 g/mol. The lowest BCUT2D eigenvalue weighted by Crippen LogP contribution is -2.25. The van der Waals surface area contributed by atoms with Crippen molar-refractivity contribution in [1.82, 2.24) is 5.01 Å². The summed E-state index contributed by atoms with van der Waals surface area (Å²) in [5, 5.41) is 16.8. The predicted octanol–water partition coefficient (Wildman–Crippen LogP) is 3.33. The molecule has 0 aliphatic carbocycles. The average Bonchev–Trinajstić information content (AvgIpc) is 3.27. The predicted molar refractivity (Wildman–Crippen MR) is 96.2 cm³/mol. The highest BCUT2D eigenvalue weighted by atomic mass is 79.9. The van der Waals surface area contributed by atoms with Crippen molar-refractivity contribution in [2.45, 2.75) is 13.2 Å². The minimum atomic E-state index is -1.09. The minimum absolute atomic E-state index is 0.0292. The van der Waals surface area contributed by atoms with Crippen LogP contribution < -0.4 is 9.47 Å². The van der Waals surface area contributed by atoms with Crippen LogP contribution in [-0.2, 0) is 9.53 Å². The Morgan fingerprint density at radius 2 is 1.93 bits per heavy atom. The van der Waals surface area contributed by atoms with Crippen molar-refractivity contribution in [2.75, 3.05) is 6.79 Å². The smallest absolute Gasteiger partial charge is 0.282 e. The van der Waals surface area contributed by atoms with Gasteiger partial charge in [0.15, 0.2) is 11.5 Å². The molecule has 9 nitrogen and oxygen atoms in total. The third-order valence-corrected chi connectivity index (χ3v) is 4.57. The molecule has 0 fully saturated rings. The van der Waals surface area contributed by atoms with Crippen molar-refractivity contribution in [3.63, 3.8) is 0 Å². The first-order valence-electron chi connectivity index (χ1n) is 7.83. The van der Waals surface area contributed by atoms with Gasteiger partial charge in [0.2, 0.25) is 24.8 Å². The van der Waals surface area contributed by atoms with Crippen LogP contribution in [0.5, 0.6) is 11.5 Å². The number of benzene rings is 2. The van der Waals surface area contributed by atoms with Gasteiger partial charge in [-0.25, -0.2) is 0 Å². The van der Waals surface area contributed by atoms with E-state index in [0.717, 1.165) is 9.48 Å². The summed E-state index contributed by atoms with van der Waals surface area (Å²) in [6.45, 7) is 1.28. The first kappa shape index (κ1) is 17.3. The number of hydrogen-bond acceptors (Lipinski definition) is 7. The van der Waals surface area contributed by atoms with Crippen molar-refractivity contribution in [3.8, 4) is 11.5 Å². The van der Waals surface area contributed by atoms with Crippen LogP contribution in [0.4, 0.5) is 5.69 Å². The van der Waals surface area contributed by atoms with Crippen LogP contribution in [0.1, 0.15) is 24.3 Å². The zero-order valence-corrected chi connectivity index (χ0v) is 15.5. The van der Waals surface area contributed by atoms with E-state index >= 15 is 0 Å². The van der Waals surface area contributed by atoms with Gasteiger partial charge in [-0.1, -0.05) is 15.9 Å². The zero-order valence-electron chi connectivity index (χ0n) is 13.9. The average molecular weight is 434 g/mol. The number of fused-ring (bicyclic) bond motifs is 1. The second-order valence-corrected chi connectivity index (χ2v) is 6.68. The molecule has 27 heavy (non-hydrogen) atoms. The lowest BCUT2D eigenvalue weighted by molar-refractivity contribution is -0.386. The largest absolute Gasteiger partial charge is 0.454 e. The summed E-state index contributed by atoms with van der Waals surface area (Å²) < 4.78 is 17.2. The molecule has 10 heteroatoms. The van der Waals surface area contributed by atoms with Gasteiger partial charge in [0.05, 0.1) is 16.6 Å². The number of nitro groups is 1. The molecule has 1 atom stereocenters. The standard InChI is InChI=1S/C17H12BrN3O6/c1-9(22)20-17(27-16(19-20)10-2-4-11(18)5-3-10)12-6-14-15(26-8-25-14)7-13(12)21(23)24/h2-7,17H,8H2,1H3. The molecule has 0 radical (unpaired) electrons. The van der Waals surface area contributed by atoms with Gasteiger partial charge >= 0.3 is 0 Å². The van der Waals surface area contributed by atoms with Crippen molar-refractivity contribution in [3.05, 3.63) is 62.1 Å². The molecule has 2 aromatic rings. The number of carbonyl (C=O) groups excluding carboxylic acids is 1. The Bertz CT molecular complexity index is 975. The van der Waals surface area contributed by atoms with E-state index in [1.807, 2.05) is 0 Å². The Kier molecular flexibility index (Phi) is 4.19. The van der Waals surface area contributed by atoms with E-state index in [1.165, 1.54) is 19.1 Å². The second-order valence-electron chi connectivity index (χ2n) is 5.77. The van der Waals surface area contributed by atoms with E-state index in [1.54, 1.807) is 24.3 Å². The maximum Gasteiger partial charge on any atom is 0.282 e. The molecule has 0 aromatic heterocycles. The molecule has 0 N–H and O–H groups in total. The lowest BCUT2D eigenvalue weighted by Gasteiger charge is -2.19. The summed E-state index contributed by atoms with van der Waals surface area (Å²) in [5.74, 6) is 0.389. The highest BCUT2D eigenvalue weighted by molar-refractivity contribution is 9.10. The van der Waals surface area contributed by atoms with E-state index in [2.05, 4.69) is 21.0 Å². The molecule has 0 spiro atoms. The van der Waals surface area contributed by atoms with E-state index in [4.69, 9.17) is 14.2 Å². The molecule has 1 amide bonds. The lowest BCUT2D eigenvalue weighted by atomic mass is 10.1. The first-order valence-corrected chi connectivity index (χ1v) is 8.62. The highest BCUT2D eigenvalue weighted by Crippen LogP contribution is 2.43. The summed E-state index contributed by atoms with van der Waals surface area (Å²) >= 11 is 3.35. The number of amides is 1. The summed E-state index contributed by atoms with van der Waals surface area (Å²) in [6, 6.07) is 9.83. The van der Waals surface area contributed by atoms with Crippen LogP contribution in [0, 0.1) is 10.1 Å². The molecule has 2 aliphatic heterocycles. The fourth-order valence-electron chi connectivity index (χ4n) is 2.78. The normalized spacial score (nSPS) is 17.5. The van der Waals surface area contributed by atoms with Crippen molar-refractivity contribution in [1.29, 1.82) is 0 Å². The van der Waals surface area contributed by atoms with Gasteiger partial charge in [0.25, 0.3) is 5.69 Å². The number of ether oxygens (including phenoxy) is 3. The number of hydrogen-bond donors (Lipinski definition) is 0. The molecule has 2 aromatic carbocycles. The number of halogens is 1. The quantitative estimate of drug-likeness (QED) is 0.543. The Morgan fingerprint density at radius 3 is 2.56 bits per heavy atom. The van der Waals surface area contributed by atoms with Crippen LogP contribution >= 0.6 is 15.9 Å². The van der Waals surface area contributed by atoms with Gasteiger partial charge in [-0.15, -0.1) is 5.10 Å². The maximum absolute atomic E-state index is 12.1. The summed E-state index contributed by atoms with van der Waals surface area (Å²) in [4.78, 5) is 23.1. The molecule has 1 unspecified atom stereocenters. The highest BCUT2D eigenvalue weighted by Gasteiger charge is 2.39. The molecular formula is C17H12BrN3O6. The molecule has 0 saturated carbocycles.